The molecule has 0 amide bonds. The predicted octanol–water partition coefficient (Wildman–Crippen LogP) is 2.82. The summed E-state index contributed by atoms with van der Waals surface area (Å²) in [6, 6.07) is 0.545. The van der Waals surface area contributed by atoms with E-state index in [9.17, 15) is 0 Å². The van der Waals surface area contributed by atoms with E-state index in [1.54, 1.807) is 6.33 Å². The molecule has 0 radical (unpaired) electrons. The maximum absolute atomic E-state index is 4.34. The Morgan fingerprint density at radius 2 is 2.00 bits per heavy atom. The second-order valence-electron chi connectivity index (χ2n) is 5.69. The van der Waals surface area contributed by atoms with E-state index in [4.69, 9.17) is 0 Å². The Labute approximate surface area is 103 Å². The first-order valence-electron chi connectivity index (χ1n) is 6.28. The van der Waals surface area contributed by atoms with Crippen molar-refractivity contribution >= 4 is 11.6 Å². The van der Waals surface area contributed by atoms with Gasteiger partial charge in [0.15, 0.2) is 0 Å². The topological polar surface area (TPSA) is 49.8 Å². The first kappa shape index (κ1) is 12.1. The van der Waals surface area contributed by atoms with E-state index in [-0.39, 0.29) is 0 Å². The summed E-state index contributed by atoms with van der Waals surface area (Å²) < 4.78 is 0. The number of hydrogen-bond donors (Lipinski definition) is 2. The van der Waals surface area contributed by atoms with Crippen LogP contribution in [0.4, 0.5) is 11.6 Å². The van der Waals surface area contributed by atoms with Crippen LogP contribution in [0.5, 0.6) is 0 Å². The highest BCUT2D eigenvalue weighted by Gasteiger charge is 2.31. The minimum absolute atomic E-state index is 0.463. The van der Waals surface area contributed by atoms with E-state index in [0.29, 0.717) is 11.5 Å². The number of aromatic nitrogens is 2. The molecule has 0 saturated heterocycles. The van der Waals surface area contributed by atoms with Crippen molar-refractivity contribution in [1.82, 2.24) is 9.97 Å². The summed E-state index contributed by atoms with van der Waals surface area (Å²) in [4.78, 5) is 8.53. The third-order valence-electron chi connectivity index (χ3n) is 3.63. The molecular weight excluding hydrogens is 212 g/mol. The zero-order valence-electron chi connectivity index (χ0n) is 11.2. The van der Waals surface area contributed by atoms with E-state index >= 15 is 0 Å². The van der Waals surface area contributed by atoms with Gasteiger partial charge in [-0.1, -0.05) is 13.8 Å². The molecule has 1 aliphatic rings. The predicted molar refractivity (Wildman–Crippen MR) is 71.4 cm³/mol. The van der Waals surface area contributed by atoms with Crippen LogP contribution in [-0.4, -0.2) is 23.1 Å². The van der Waals surface area contributed by atoms with Crippen molar-refractivity contribution in [2.75, 3.05) is 17.7 Å². The average Bonchev–Trinajstić information content (AvgIpc) is 2.61. The summed E-state index contributed by atoms with van der Waals surface area (Å²) in [6.07, 6.45) is 5.34. The van der Waals surface area contributed by atoms with Crippen LogP contribution in [0.25, 0.3) is 0 Å². The fourth-order valence-corrected chi connectivity index (χ4v) is 2.60. The SMILES string of the molecule is CNc1ncnc(NC2CCC(C)(C)C2)c1C. The number of nitrogens with zero attached hydrogens (tertiary/aromatic N) is 2. The Kier molecular flexibility index (Phi) is 3.22. The molecule has 1 aromatic rings. The number of hydrogen-bond acceptors (Lipinski definition) is 4. The molecule has 1 atom stereocenters. The summed E-state index contributed by atoms with van der Waals surface area (Å²) in [5.41, 5.74) is 1.56. The van der Waals surface area contributed by atoms with Crippen molar-refractivity contribution in [1.29, 1.82) is 0 Å². The monoisotopic (exact) mass is 234 g/mol. The smallest absolute Gasteiger partial charge is 0.134 e. The van der Waals surface area contributed by atoms with Gasteiger partial charge in [-0.25, -0.2) is 9.97 Å². The van der Waals surface area contributed by atoms with E-state index in [0.717, 1.165) is 17.2 Å². The van der Waals surface area contributed by atoms with Gasteiger partial charge in [-0.05, 0) is 31.6 Å². The zero-order valence-corrected chi connectivity index (χ0v) is 11.2. The summed E-state index contributed by atoms with van der Waals surface area (Å²) >= 11 is 0. The fraction of sp³-hybridized carbons (Fsp3) is 0.692. The molecule has 0 bridgehead atoms. The molecule has 1 unspecified atom stereocenters. The van der Waals surface area contributed by atoms with Crippen LogP contribution in [-0.2, 0) is 0 Å². The molecule has 94 valence electrons. The quantitative estimate of drug-likeness (QED) is 0.844. The lowest BCUT2D eigenvalue weighted by atomic mass is 9.92. The third kappa shape index (κ3) is 2.68. The van der Waals surface area contributed by atoms with Crippen LogP contribution in [0, 0.1) is 12.3 Å². The van der Waals surface area contributed by atoms with E-state index in [1.807, 2.05) is 14.0 Å². The van der Waals surface area contributed by atoms with Gasteiger partial charge in [-0.15, -0.1) is 0 Å². The first-order valence-corrected chi connectivity index (χ1v) is 6.28. The van der Waals surface area contributed by atoms with Gasteiger partial charge in [-0.3, -0.25) is 0 Å². The van der Waals surface area contributed by atoms with Crippen LogP contribution in [0.3, 0.4) is 0 Å². The molecule has 0 aliphatic heterocycles. The van der Waals surface area contributed by atoms with E-state index in [2.05, 4.69) is 34.4 Å². The molecule has 2 N–H and O–H groups in total. The summed E-state index contributed by atoms with van der Waals surface area (Å²) in [6.45, 7) is 6.72. The molecule has 1 aromatic heterocycles. The molecule has 4 heteroatoms. The first-order chi connectivity index (χ1) is 8.02. The van der Waals surface area contributed by atoms with Gasteiger partial charge in [0.25, 0.3) is 0 Å². The van der Waals surface area contributed by atoms with Crippen molar-refractivity contribution in [3.63, 3.8) is 0 Å². The second kappa shape index (κ2) is 4.51. The van der Waals surface area contributed by atoms with Crippen molar-refractivity contribution < 1.29 is 0 Å². The Morgan fingerprint density at radius 1 is 1.29 bits per heavy atom. The van der Waals surface area contributed by atoms with Gasteiger partial charge in [-0.2, -0.15) is 0 Å². The van der Waals surface area contributed by atoms with Crippen molar-refractivity contribution in [3.8, 4) is 0 Å². The van der Waals surface area contributed by atoms with Gasteiger partial charge in [0.2, 0.25) is 0 Å². The van der Waals surface area contributed by atoms with Gasteiger partial charge < -0.3 is 10.6 Å². The highest BCUT2D eigenvalue weighted by atomic mass is 15.1. The van der Waals surface area contributed by atoms with Gasteiger partial charge >= 0.3 is 0 Å². The summed E-state index contributed by atoms with van der Waals surface area (Å²) in [5, 5.41) is 6.63. The van der Waals surface area contributed by atoms with Crippen LogP contribution in [0.1, 0.15) is 38.7 Å². The summed E-state index contributed by atoms with van der Waals surface area (Å²) in [7, 11) is 1.89. The normalized spacial score (nSPS) is 22.5. The number of nitrogens with one attached hydrogen (secondary N) is 2. The molecule has 0 spiro atoms. The highest BCUT2D eigenvalue weighted by molar-refractivity contribution is 5.56. The Balaban J connectivity index is 2.09. The molecular formula is C13H22N4. The Morgan fingerprint density at radius 3 is 2.59 bits per heavy atom. The Bertz CT molecular complexity index is 400. The van der Waals surface area contributed by atoms with Crippen molar-refractivity contribution in [2.45, 2.75) is 46.1 Å². The number of anilines is 2. The van der Waals surface area contributed by atoms with E-state index in [1.165, 1.54) is 19.3 Å². The maximum Gasteiger partial charge on any atom is 0.134 e. The van der Waals surface area contributed by atoms with Crippen LogP contribution in [0.15, 0.2) is 6.33 Å². The maximum atomic E-state index is 4.34. The fourth-order valence-electron chi connectivity index (χ4n) is 2.60. The average molecular weight is 234 g/mol. The van der Waals surface area contributed by atoms with Gasteiger partial charge in [0.1, 0.15) is 18.0 Å². The molecule has 4 nitrogen and oxygen atoms in total. The van der Waals surface area contributed by atoms with Crippen LogP contribution < -0.4 is 10.6 Å². The highest BCUT2D eigenvalue weighted by Crippen LogP contribution is 2.38. The second-order valence-corrected chi connectivity index (χ2v) is 5.69. The number of rotatable bonds is 3. The van der Waals surface area contributed by atoms with Gasteiger partial charge in [0.05, 0.1) is 0 Å². The lowest BCUT2D eigenvalue weighted by Crippen LogP contribution is -2.19. The minimum Gasteiger partial charge on any atom is -0.373 e. The molecule has 17 heavy (non-hydrogen) atoms. The summed E-state index contributed by atoms with van der Waals surface area (Å²) in [5.74, 6) is 1.87. The molecule has 1 heterocycles. The lowest BCUT2D eigenvalue weighted by molar-refractivity contribution is 0.378. The standard InChI is InChI=1S/C13H22N4/c1-9-11(14-4)15-8-16-12(9)17-10-5-6-13(2,3)7-10/h8,10H,5-7H2,1-4H3,(H2,14,15,16,17). The molecule has 2 rings (SSSR count). The lowest BCUT2D eigenvalue weighted by Gasteiger charge is -2.19. The molecule has 1 fully saturated rings. The molecule has 0 aromatic carbocycles. The van der Waals surface area contributed by atoms with Crippen molar-refractivity contribution in [2.24, 2.45) is 5.41 Å². The molecule has 1 aliphatic carbocycles. The zero-order chi connectivity index (χ0) is 12.5. The van der Waals surface area contributed by atoms with Crippen molar-refractivity contribution in [3.05, 3.63) is 11.9 Å². The van der Waals surface area contributed by atoms with E-state index < -0.39 is 0 Å². The largest absolute Gasteiger partial charge is 0.373 e. The minimum atomic E-state index is 0.463. The van der Waals surface area contributed by atoms with Crippen LogP contribution >= 0.6 is 0 Å². The third-order valence-corrected chi connectivity index (χ3v) is 3.63. The van der Waals surface area contributed by atoms with Gasteiger partial charge in [0, 0.05) is 18.7 Å². The molecule has 1 saturated carbocycles. The van der Waals surface area contributed by atoms with Crippen LogP contribution in [0.2, 0.25) is 0 Å². The Hall–Kier alpha value is -1.32.